The molecule has 8 nitrogen and oxygen atoms in total. The second-order valence-electron chi connectivity index (χ2n) is 8.70. The van der Waals surface area contributed by atoms with Gasteiger partial charge in [0.1, 0.15) is 17.2 Å². The summed E-state index contributed by atoms with van der Waals surface area (Å²) in [4.78, 5) is 30.1. The molecule has 8 heteroatoms. The lowest BCUT2D eigenvalue weighted by atomic mass is 9.85. The fraction of sp³-hybridized carbons (Fsp3) is 0.179. The van der Waals surface area contributed by atoms with Crippen molar-refractivity contribution >= 4 is 28.7 Å². The molecule has 2 aliphatic rings. The van der Waals surface area contributed by atoms with Crippen molar-refractivity contribution in [1.82, 2.24) is 9.55 Å². The lowest BCUT2D eigenvalue weighted by Crippen LogP contribution is -2.16. The fourth-order valence-corrected chi connectivity index (χ4v) is 4.93. The minimum atomic E-state index is -0.436. The molecular formula is C28H22N2O6. The third-order valence-corrected chi connectivity index (χ3v) is 6.68. The third kappa shape index (κ3) is 3.33. The van der Waals surface area contributed by atoms with Gasteiger partial charge in [-0.2, -0.15) is 0 Å². The van der Waals surface area contributed by atoms with Crippen LogP contribution < -0.4 is 14.2 Å². The first kappa shape index (κ1) is 21.9. The van der Waals surface area contributed by atoms with Gasteiger partial charge in [-0.25, -0.2) is 4.98 Å². The van der Waals surface area contributed by atoms with E-state index in [0.29, 0.717) is 28.5 Å². The Morgan fingerprint density at radius 2 is 2.03 bits per heavy atom. The largest absolute Gasteiger partial charge is 0.497 e. The Morgan fingerprint density at radius 3 is 2.83 bits per heavy atom. The van der Waals surface area contributed by atoms with Crippen molar-refractivity contribution in [3.8, 4) is 23.1 Å². The number of aryl methyl sites for hydroxylation is 1. The smallest absolute Gasteiger partial charge is 0.306 e. The number of pyridine rings is 1. The van der Waals surface area contributed by atoms with Crippen LogP contribution in [0.15, 0.2) is 60.6 Å². The first-order chi connectivity index (χ1) is 17.5. The number of benzene rings is 2. The summed E-state index contributed by atoms with van der Waals surface area (Å²) in [6.07, 6.45) is 5.37. The predicted molar refractivity (Wildman–Crippen MR) is 132 cm³/mol. The standard InChI is InChI=1S/C28H22N2O6/c1-30-14-15(19-12-16(33-2)6-8-21(19)30)11-23-26(32)18-7-9-22-25(27(18)35-23)20(13-24(31)34-3)17-5-4-10-29-28(17)36-22/h4-12,14,20H,13H2,1-3H3/b23-11-/t20-/m1/s1. The molecule has 2 aromatic heterocycles. The second-order valence-corrected chi connectivity index (χ2v) is 8.70. The van der Waals surface area contributed by atoms with Crippen LogP contribution >= 0.6 is 0 Å². The summed E-state index contributed by atoms with van der Waals surface area (Å²) in [5.41, 5.74) is 3.61. The maximum absolute atomic E-state index is 13.4. The van der Waals surface area contributed by atoms with Crippen LogP contribution in [0, 0.1) is 0 Å². The van der Waals surface area contributed by atoms with Gasteiger partial charge in [0, 0.05) is 53.0 Å². The van der Waals surface area contributed by atoms with Crippen LogP contribution in [0.4, 0.5) is 0 Å². The Hall–Kier alpha value is -4.59. The molecule has 0 radical (unpaired) electrons. The quantitative estimate of drug-likeness (QED) is 0.299. The van der Waals surface area contributed by atoms with E-state index in [-0.39, 0.29) is 23.9 Å². The molecule has 2 aromatic carbocycles. The zero-order valence-corrected chi connectivity index (χ0v) is 19.9. The van der Waals surface area contributed by atoms with E-state index in [1.165, 1.54) is 7.11 Å². The molecule has 4 heterocycles. The Bertz CT molecular complexity index is 1600. The van der Waals surface area contributed by atoms with Gasteiger partial charge in [-0.15, -0.1) is 0 Å². The third-order valence-electron chi connectivity index (χ3n) is 6.68. The number of hydrogen-bond acceptors (Lipinski definition) is 7. The highest BCUT2D eigenvalue weighted by Crippen LogP contribution is 2.52. The molecule has 0 unspecified atom stereocenters. The SMILES string of the molecule is COC(=O)C[C@@H]1c2cccnc2Oc2ccc3c(c21)O/C(=C\c1cn(C)c2ccc(OC)cc12)C3=O. The van der Waals surface area contributed by atoms with Crippen molar-refractivity contribution in [2.75, 3.05) is 14.2 Å². The molecular weight excluding hydrogens is 460 g/mol. The predicted octanol–water partition coefficient (Wildman–Crippen LogP) is 5.00. The highest BCUT2D eigenvalue weighted by Gasteiger charge is 2.39. The summed E-state index contributed by atoms with van der Waals surface area (Å²) in [5, 5.41) is 0.936. The van der Waals surface area contributed by atoms with E-state index in [1.807, 2.05) is 42.1 Å². The molecule has 2 aliphatic heterocycles. The monoisotopic (exact) mass is 482 g/mol. The van der Waals surface area contributed by atoms with Crippen LogP contribution in [0.2, 0.25) is 0 Å². The minimum Gasteiger partial charge on any atom is -0.497 e. The first-order valence-corrected chi connectivity index (χ1v) is 11.4. The zero-order chi connectivity index (χ0) is 25.0. The number of fused-ring (bicyclic) bond motifs is 5. The van der Waals surface area contributed by atoms with Crippen molar-refractivity contribution in [2.24, 2.45) is 7.05 Å². The molecule has 0 N–H and O–H groups in total. The molecule has 0 amide bonds. The first-order valence-electron chi connectivity index (χ1n) is 11.4. The van der Waals surface area contributed by atoms with Gasteiger partial charge in [-0.3, -0.25) is 9.59 Å². The number of carbonyl (C=O) groups is 2. The summed E-state index contributed by atoms with van der Waals surface area (Å²) < 4.78 is 24.6. The van der Waals surface area contributed by atoms with Crippen LogP contribution in [0.3, 0.4) is 0 Å². The van der Waals surface area contributed by atoms with E-state index in [2.05, 4.69) is 4.98 Å². The van der Waals surface area contributed by atoms with Gasteiger partial charge < -0.3 is 23.5 Å². The molecule has 0 saturated heterocycles. The molecule has 0 spiro atoms. The van der Waals surface area contributed by atoms with Crippen LogP contribution in [-0.2, 0) is 16.6 Å². The van der Waals surface area contributed by atoms with Gasteiger partial charge in [0.2, 0.25) is 11.7 Å². The van der Waals surface area contributed by atoms with E-state index >= 15 is 0 Å². The van der Waals surface area contributed by atoms with E-state index in [1.54, 1.807) is 37.6 Å². The molecule has 0 aliphatic carbocycles. The summed E-state index contributed by atoms with van der Waals surface area (Å²) in [6, 6.07) is 12.9. The highest BCUT2D eigenvalue weighted by molar-refractivity contribution is 6.15. The number of methoxy groups -OCH3 is 2. The molecule has 0 saturated carbocycles. The van der Waals surface area contributed by atoms with E-state index < -0.39 is 5.92 Å². The second kappa shape index (κ2) is 8.27. The average molecular weight is 482 g/mol. The molecule has 180 valence electrons. The number of rotatable bonds is 4. The van der Waals surface area contributed by atoms with Gasteiger partial charge >= 0.3 is 5.97 Å². The number of allylic oxidation sites excluding steroid dienone is 1. The maximum atomic E-state index is 13.4. The van der Waals surface area contributed by atoms with Crippen molar-refractivity contribution in [2.45, 2.75) is 12.3 Å². The lowest BCUT2D eigenvalue weighted by Gasteiger charge is -2.27. The zero-order valence-electron chi connectivity index (χ0n) is 19.9. The summed E-state index contributed by atoms with van der Waals surface area (Å²) in [7, 11) is 4.91. The number of ketones is 1. The molecule has 0 fully saturated rings. The Labute approximate surface area is 206 Å². The maximum Gasteiger partial charge on any atom is 0.306 e. The van der Waals surface area contributed by atoms with E-state index in [9.17, 15) is 9.59 Å². The van der Waals surface area contributed by atoms with Gasteiger partial charge in [-0.1, -0.05) is 6.07 Å². The number of ether oxygens (including phenoxy) is 4. The molecule has 4 aromatic rings. The Balaban J connectivity index is 1.46. The number of hydrogen-bond donors (Lipinski definition) is 0. The Kier molecular flexibility index (Phi) is 5.03. The number of carbonyl (C=O) groups excluding carboxylic acids is 2. The topological polar surface area (TPSA) is 88.9 Å². The lowest BCUT2D eigenvalue weighted by molar-refractivity contribution is -0.140. The van der Waals surface area contributed by atoms with Gasteiger partial charge in [0.15, 0.2) is 5.76 Å². The number of aromatic nitrogens is 2. The van der Waals surface area contributed by atoms with Gasteiger partial charge in [-0.05, 0) is 42.5 Å². The van der Waals surface area contributed by atoms with Crippen LogP contribution in [-0.4, -0.2) is 35.5 Å². The fourth-order valence-electron chi connectivity index (χ4n) is 4.93. The van der Waals surface area contributed by atoms with Crippen molar-refractivity contribution < 1.29 is 28.5 Å². The summed E-state index contributed by atoms with van der Waals surface area (Å²) >= 11 is 0. The van der Waals surface area contributed by atoms with Gasteiger partial charge in [0.25, 0.3) is 0 Å². The van der Waals surface area contributed by atoms with Crippen molar-refractivity contribution in [3.63, 3.8) is 0 Å². The number of Topliss-reactive ketones (excluding diaryl/α,β-unsaturated/α-hetero) is 1. The molecule has 0 bridgehead atoms. The highest BCUT2D eigenvalue weighted by atomic mass is 16.5. The van der Waals surface area contributed by atoms with Crippen molar-refractivity contribution in [1.29, 1.82) is 0 Å². The number of nitrogens with zero attached hydrogens (tertiary/aromatic N) is 2. The van der Waals surface area contributed by atoms with Crippen molar-refractivity contribution in [3.05, 3.63) is 82.9 Å². The Morgan fingerprint density at radius 1 is 1.17 bits per heavy atom. The molecule has 6 rings (SSSR count). The van der Waals surface area contributed by atoms with Crippen LogP contribution in [0.25, 0.3) is 17.0 Å². The molecule has 1 atom stereocenters. The van der Waals surface area contributed by atoms with Gasteiger partial charge in [0.05, 0.1) is 26.2 Å². The van der Waals surface area contributed by atoms with E-state index in [0.717, 1.165) is 27.8 Å². The van der Waals surface area contributed by atoms with Crippen LogP contribution in [0.1, 0.15) is 39.4 Å². The summed E-state index contributed by atoms with van der Waals surface area (Å²) in [6.45, 7) is 0. The number of esters is 1. The molecule has 36 heavy (non-hydrogen) atoms. The normalized spacial score (nSPS) is 16.7. The average Bonchev–Trinajstić information content (AvgIpc) is 3.38. The summed E-state index contributed by atoms with van der Waals surface area (Å²) in [5.74, 6) is 1.17. The minimum absolute atomic E-state index is 0.0573. The van der Waals surface area contributed by atoms with E-state index in [4.69, 9.17) is 18.9 Å². The van der Waals surface area contributed by atoms with Crippen LogP contribution in [0.5, 0.6) is 23.1 Å².